The Labute approximate surface area is 139 Å². The Bertz CT molecular complexity index is 729. The number of amides is 1. The number of fused-ring (bicyclic) bond motifs is 2. The Morgan fingerprint density at radius 2 is 2.22 bits per heavy atom. The van der Waals surface area contributed by atoms with Gasteiger partial charge in [0, 0.05) is 36.4 Å². The second-order valence-corrected chi connectivity index (χ2v) is 7.22. The van der Waals surface area contributed by atoms with E-state index in [4.69, 9.17) is 0 Å². The molecule has 0 spiro atoms. The van der Waals surface area contributed by atoms with Crippen molar-refractivity contribution in [3.63, 3.8) is 0 Å². The van der Waals surface area contributed by atoms with Crippen LogP contribution in [0.3, 0.4) is 0 Å². The van der Waals surface area contributed by atoms with E-state index in [1.54, 1.807) is 6.20 Å². The van der Waals surface area contributed by atoms with E-state index < -0.39 is 0 Å². The second kappa shape index (κ2) is 5.94. The van der Waals surface area contributed by atoms with Gasteiger partial charge in [0.1, 0.15) is 9.88 Å². The molecule has 2 saturated heterocycles. The molecule has 1 aromatic heterocycles. The van der Waals surface area contributed by atoms with E-state index in [0.717, 1.165) is 22.7 Å². The first kappa shape index (κ1) is 14.7. The van der Waals surface area contributed by atoms with Crippen molar-refractivity contribution >= 4 is 22.9 Å². The van der Waals surface area contributed by atoms with Crippen molar-refractivity contribution in [3.05, 3.63) is 35.3 Å². The van der Waals surface area contributed by atoms with E-state index in [2.05, 4.69) is 20.9 Å². The normalized spacial score (nSPS) is 25.5. The highest BCUT2D eigenvalue weighted by Gasteiger charge is 2.39. The Hall–Kier alpha value is -1.92. The standard InChI is InChI=1S/C17H20N4OS/c1-18-12-5-3-2-4-11(12)17-19-9-15(23-17)16(22)21-14-8-10-6-7-13(14)20-10/h2-5,9-10,13-14,18,20H,6-8H2,1H3,(H,21,22)/t10-,13+,14-/m1/s1. The molecule has 0 aliphatic carbocycles. The van der Waals surface area contributed by atoms with Crippen molar-refractivity contribution in [2.75, 3.05) is 12.4 Å². The molecule has 3 heterocycles. The average Bonchev–Trinajstić information content (AvgIpc) is 3.31. The molecule has 3 atom stereocenters. The van der Waals surface area contributed by atoms with Gasteiger partial charge in [-0.2, -0.15) is 0 Å². The minimum atomic E-state index is -0.00459. The maximum atomic E-state index is 12.5. The zero-order valence-corrected chi connectivity index (χ0v) is 13.8. The zero-order chi connectivity index (χ0) is 15.8. The number of carbonyl (C=O) groups excluding carboxylic acids is 1. The summed E-state index contributed by atoms with van der Waals surface area (Å²) in [7, 11) is 1.89. The Morgan fingerprint density at radius 3 is 2.96 bits per heavy atom. The molecule has 5 nitrogen and oxygen atoms in total. The number of rotatable bonds is 4. The minimum absolute atomic E-state index is 0.00459. The molecular formula is C17H20N4OS. The van der Waals surface area contributed by atoms with Gasteiger partial charge in [0.05, 0.1) is 6.20 Å². The van der Waals surface area contributed by atoms with Gasteiger partial charge in [0.15, 0.2) is 0 Å². The van der Waals surface area contributed by atoms with Crippen molar-refractivity contribution in [2.45, 2.75) is 37.4 Å². The Morgan fingerprint density at radius 1 is 1.35 bits per heavy atom. The van der Waals surface area contributed by atoms with Gasteiger partial charge in [-0.3, -0.25) is 4.79 Å². The number of aromatic nitrogens is 1. The summed E-state index contributed by atoms with van der Waals surface area (Å²) in [5.41, 5.74) is 2.05. The zero-order valence-electron chi connectivity index (χ0n) is 13.0. The second-order valence-electron chi connectivity index (χ2n) is 6.19. The maximum absolute atomic E-state index is 12.5. The Kier molecular flexibility index (Phi) is 3.79. The molecule has 1 amide bonds. The van der Waals surface area contributed by atoms with Crippen molar-refractivity contribution in [3.8, 4) is 10.6 Å². The summed E-state index contributed by atoms with van der Waals surface area (Å²) in [6, 6.07) is 9.29. The lowest BCUT2D eigenvalue weighted by Gasteiger charge is -2.20. The SMILES string of the molecule is CNc1ccccc1-c1ncc(C(=O)N[C@@H]2C[C@H]3CC[C@@H]2N3)s1. The third-order valence-corrected chi connectivity index (χ3v) is 5.80. The first-order valence-electron chi connectivity index (χ1n) is 8.04. The quantitative estimate of drug-likeness (QED) is 0.807. The van der Waals surface area contributed by atoms with Gasteiger partial charge >= 0.3 is 0 Å². The van der Waals surface area contributed by atoms with Crippen LogP contribution in [0.15, 0.2) is 30.5 Å². The number of hydrogen-bond acceptors (Lipinski definition) is 5. The highest BCUT2D eigenvalue weighted by Crippen LogP contribution is 2.32. The molecule has 2 bridgehead atoms. The van der Waals surface area contributed by atoms with Crippen molar-refractivity contribution in [1.82, 2.24) is 15.6 Å². The van der Waals surface area contributed by atoms with E-state index >= 15 is 0 Å². The third kappa shape index (κ3) is 2.72. The number of nitrogens with zero attached hydrogens (tertiary/aromatic N) is 1. The molecule has 1 aromatic carbocycles. The number of hydrogen-bond donors (Lipinski definition) is 3. The number of benzene rings is 1. The van der Waals surface area contributed by atoms with Crippen LogP contribution >= 0.6 is 11.3 Å². The predicted molar refractivity (Wildman–Crippen MR) is 92.9 cm³/mol. The van der Waals surface area contributed by atoms with Gasteiger partial charge in [-0.1, -0.05) is 12.1 Å². The van der Waals surface area contributed by atoms with E-state index in [0.29, 0.717) is 17.0 Å². The van der Waals surface area contributed by atoms with Crippen molar-refractivity contribution in [2.24, 2.45) is 0 Å². The van der Waals surface area contributed by atoms with Crippen LogP contribution in [0.1, 0.15) is 28.9 Å². The van der Waals surface area contributed by atoms with Gasteiger partial charge in [-0.25, -0.2) is 4.98 Å². The summed E-state index contributed by atoms with van der Waals surface area (Å²) >= 11 is 1.44. The van der Waals surface area contributed by atoms with Gasteiger partial charge in [0.2, 0.25) is 0 Å². The molecule has 2 aliphatic heterocycles. The van der Waals surface area contributed by atoms with Gasteiger partial charge < -0.3 is 16.0 Å². The monoisotopic (exact) mass is 328 g/mol. The van der Waals surface area contributed by atoms with Crippen molar-refractivity contribution < 1.29 is 4.79 Å². The minimum Gasteiger partial charge on any atom is -0.388 e. The number of nitrogens with one attached hydrogen (secondary N) is 3. The number of carbonyl (C=O) groups is 1. The van der Waals surface area contributed by atoms with Gasteiger partial charge in [-0.05, 0) is 31.4 Å². The van der Waals surface area contributed by atoms with E-state index in [-0.39, 0.29) is 11.9 Å². The molecule has 2 fully saturated rings. The van der Waals surface area contributed by atoms with Gasteiger partial charge in [-0.15, -0.1) is 11.3 Å². The van der Waals surface area contributed by atoms with Crippen molar-refractivity contribution in [1.29, 1.82) is 0 Å². The van der Waals surface area contributed by atoms with E-state index in [9.17, 15) is 4.79 Å². The van der Waals surface area contributed by atoms with Crippen LogP contribution in [0, 0.1) is 0 Å². The molecule has 0 radical (unpaired) electrons. The molecule has 120 valence electrons. The number of thiazole rings is 1. The fraction of sp³-hybridized carbons (Fsp3) is 0.412. The first-order valence-corrected chi connectivity index (χ1v) is 8.86. The highest BCUT2D eigenvalue weighted by molar-refractivity contribution is 7.17. The summed E-state index contributed by atoms with van der Waals surface area (Å²) < 4.78 is 0. The van der Waals surface area contributed by atoms with Crippen LogP contribution in [0.4, 0.5) is 5.69 Å². The van der Waals surface area contributed by atoms with E-state index in [1.807, 2.05) is 31.3 Å². The molecule has 4 rings (SSSR count). The molecule has 2 aromatic rings. The summed E-state index contributed by atoms with van der Waals surface area (Å²) in [5.74, 6) is -0.00459. The smallest absolute Gasteiger partial charge is 0.263 e. The van der Waals surface area contributed by atoms with Crippen LogP contribution in [0.25, 0.3) is 10.6 Å². The molecule has 23 heavy (non-hydrogen) atoms. The summed E-state index contributed by atoms with van der Waals surface area (Å²) in [6.07, 6.45) is 5.13. The van der Waals surface area contributed by atoms with Crippen LogP contribution in [0.5, 0.6) is 0 Å². The molecule has 0 saturated carbocycles. The van der Waals surface area contributed by atoms with Crippen LogP contribution in [0.2, 0.25) is 0 Å². The fourth-order valence-corrected chi connectivity index (χ4v) is 4.47. The summed E-state index contributed by atoms with van der Waals surface area (Å²) in [4.78, 5) is 17.6. The van der Waals surface area contributed by atoms with E-state index in [1.165, 1.54) is 24.2 Å². The third-order valence-electron chi connectivity index (χ3n) is 4.77. The van der Waals surface area contributed by atoms with Crippen LogP contribution in [-0.2, 0) is 0 Å². The predicted octanol–water partition coefficient (Wildman–Crippen LogP) is 2.47. The van der Waals surface area contributed by atoms with Crippen LogP contribution in [-0.4, -0.2) is 36.1 Å². The molecule has 0 unspecified atom stereocenters. The maximum Gasteiger partial charge on any atom is 0.263 e. The molecule has 6 heteroatoms. The lowest BCUT2D eigenvalue weighted by Crippen LogP contribution is -2.42. The fourth-order valence-electron chi connectivity index (χ4n) is 3.61. The number of anilines is 1. The lowest BCUT2D eigenvalue weighted by atomic mass is 9.95. The Balaban J connectivity index is 1.50. The summed E-state index contributed by atoms with van der Waals surface area (Å²) in [5, 5.41) is 10.8. The molecule has 2 aliphatic rings. The van der Waals surface area contributed by atoms with Gasteiger partial charge in [0.25, 0.3) is 5.91 Å². The average molecular weight is 328 g/mol. The van der Waals surface area contributed by atoms with Crippen LogP contribution < -0.4 is 16.0 Å². The highest BCUT2D eigenvalue weighted by atomic mass is 32.1. The molecule has 3 N–H and O–H groups in total. The molecular weight excluding hydrogens is 308 g/mol. The topological polar surface area (TPSA) is 66.0 Å². The first-order chi connectivity index (χ1) is 11.2. The lowest BCUT2D eigenvalue weighted by molar-refractivity contribution is 0.0935. The summed E-state index contributed by atoms with van der Waals surface area (Å²) in [6.45, 7) is 0. The largest absolute Gasteiger partial charge is 0.388 e. The number of para-hydroxylation sites is 1.